The fraction of sp³-hybridized carbons (Fsp3) is 0.625. The van der Waals surface area contributed by atoms with Crippen LogP contribution in [0.2, 0.25) is 0 Å². The molecule has 0 saturated heterocycles. The van der Waals surface area contributed by atoms with E-state index in [0.29, 0.717) is 6.04 Å². The van der Waals surface area contributed by atoms with Gasteiger partial charge in [0.25, 0.3) is 0 Å². The summed E-state index contributed by atoms with van der Waals surface area (Å²) >= 11 is 0. The van der Waals surface area contributed by atoms with Gasteiger partial charge in [0, 0.05) is 44.1 Å². The fourth-order valence-electron chi connectivity index (χ4n) is 2.88. The average Bonchev–Trinajstić information content (AvgIpc) is 3.01. The lowest BCUT2D eigenvalue weighted by atomic mass is 10.0. The maximum Gasteiger partial charge on any atom is 0.110 e. The number of imidazole rings is 1. The molecule has 1 N–H and O–H groups in total. The second-order valence-electron chi connectivity index (χ2n) is 5.63. The van der Waals surface area contributed by atoms with Crippen LogP contribution in [-0.2, 0) is 26.4 Å². The number of hydrogen-bond acceptors (Lipinski definition) is 3. The van der Waals surface area contributed by atoms with Crippen LogP contribution in [0.5, 0.6) is 0 Å². The zero-order chi connectivity index (χ0) is 15.4. The highest BCUT2D eigenvalue weighted by atomic mass is 15.3. The molecule has 0 bridgehead atoms. The number of nitrogens with zero attached hydrogens (tertiary/aromatic N) is 4. The van der Waals surface area contributed by atoms with Gasteiger partial charge in [-0.3, -0.25) is 4.68 Å². The van der Waals surface area contributed by atoms with Gasteiger partial charge in [0.05, 0.1) is 5.69 Å². The lowest BCUT2D eigenvalue weighted by molar-refractivity contribution is 0.496. The molecule has 1 unspecified atom stereocenters. The molecule has 0 aliphatic carbocycles. The summed E-state index contributed by atoms with van der Waals surface area (Å²) in [5.74, 6) is 1.16. The van der Waals surface area contributed by atoms with Crippen molar-refractivity contribution in [1.29, 1.82) is 0 Å². The molecular weight excluding hydrogens is 262 g/mol. The molecular formula is C16H27N5. The molecule has 5 heteroatoms. The molecule has 2 heterocycles. The minimum Gasteiger partial charge on any atom is -0.335 e. The van der Waals surface area contributed by atoms with E-state index >= 15 is 0 Å². The molecule has 21 heavy (non-hydrogen) atoms. The zero-order valence-electron chi connectivity index (χ0n) is 13.8. The van der Waals surface area contributed by atoms with Gasteiger partial charge in [0.15, 0.2) is 0 Å². The molecule has 1 atom stereocenters. The number of aryl methyl sites for hydroxylation is 3. The summed E-state index contributed by atoms with van der Waals surface area (Å²) in [7, 11) is 4.05. The molecule has 2 aromatic rings. The zero-order valence-corrected chi connectivity index (χ0v) is 13.8. The molecule has 2 rings (SSSR count). The van der Waals surface area contributed by atoms with Gasteiger partial charge < -0.3 is 9.88 Å². The first-order valence-electron chi connectivity index (χ1n) is 7.73. The van der Waals surface area contributed by atoms with E-state index in [-0.39, 0.29) is 0 Å². The van der Waals surface area contributed by atoms with Gasteiger partial charge in [-0.15, -0.1) is 0 Å². The minimum atomic E-state index is 0.441. The smallest absolute Gasteiger partial charge is 0.110 e. The number of aromatic nitrogens is 4. The summed E-state index contributed by atoms with van der Waals surface area (Å²) in [6.07, 6.45) is 7.07. The lowest BCUT2D eigenvalue weighted by Gasteiger charge is -2.16. The largest absolute Gasteiger partial charge is 0.335 e. The first-order chi connectivity index (χ1) is 10.1. The average molecular weight is 289 g/mol. The van der Waals surface area contributed by atoms with E-state index in [4.69, 9.17) is 0 Å². The highest BCUT2D eigenvalue weighted by molar-refractivity contribution is 5.24. The number of rotatable bonds is 7. The van der Waals surface area contributed by atoms with Crippen LogP contribution in [0.3, 0.4) is 0 Å². The molecule has 0 spiro atoms. The maximum absolute atomic E-state index is 4.50. The maximum atomic E-state index is 4.50. The van der Waals surface area contributed by atoms with Gasteiger partial charge in [-0.1, -0.05) is 0 Å². The standard InChI is InChI=1S/C16H27N5/c1-6-21-10-9-18-16(21)11-14(17-4)7-8-15-12(2)19-20(5)13(15)3/h9-10,14,17H,6-8,11H2,1-5H3. The summed E-state index contributed by atoms with van der Waals surface area (Å²) in [6, 6.07) is 0.441. The van der Waals surface area contributed by atoms with E-state index < -0.39 is 0 Å². The Kier molecular flexibility index (Phi) is 5.17. The summed E-state index contributed by atoms with van der Waals surface area (Å²) < 4.78 is 4.19. The van der Waals surface area contributed by atoms with Crippen molar-refractivity contribution in [2.75, 3.05) is 7.05 Å². The number of likely N-dealkylation sites (N-methyl/N-ethyl adjacent to an activating group) is 1. The van der Waals surface area contributed by atoms with Crippen molar-refractivity contribution in [2.45, 2.75) is 52.6 Å². The van der Waals surface area contributed by atoms with Crippen molar-refractivity contribution < 1.29 is 0 Å². The van der Waals surface area contributed by atoms with Crippen molar-refractivity contribution in [3.05, 3.63) is 35.2 Å². The molecule has 0 saturated carbocycles. The summed E-state index contributed by atoms with van der Waals surface area (Å²) in [6.45, 7) is 7.38. The summed E-state index contributed by atoms with van der Waals surface area (Å²) in [5, 5.41) is 7.92. The normalized spacial score (nSPS) is 12.8. The minimum absolute atomic E-state index is 0.441. The van der Waals surface area contributed by atoms with Crippen LogP contribution in [-0.4, -0.2) is 32.4 Å². The number of nitrogens with one attached hydrogen (secondary N) is 1. The molecule has 0 radical (unpaired) electrons. The van der Waals surface area contributed by atoms with E-state index in [2.05, 4.69) is 46.9 Å². The van der Waals surface area contributed by atoms with Gasteiger partial charge >= 0.3 is 0 Å². The first-order valence-corrected chi connectivity index (χ1v) is 7.73. The number of hydrogen-bond donors (Lipinski definition) is 1. The van der Waals surface area contributed by atoms with E-state index in [1.54, 1.807) is 0 Å². The Labute approximate surface area is 127 Å². The molecule has 2 aromatic heterocycles. The molecule has 116 valence electrons. The van der Waals surface area contributed by atoms with Gasteiger partial charge in [0.1, 0.15) is 5.82 Å². The predicted molar refractivity (Wildman–Crippen MR) is 85.5 cm³/mol. The molecule has 0 aliphatic rings. The highest BCUT2D eigenvalue weighted by Gasteiger charge is 2.14. The van der Waals surface area contributed by atoms with Crippen LogP contribution < -0.4 is 5.32 Å². The summed E-state index contributed by atoms with van der Waals surface area (Å²) in [4.78, 5) is 4.48. The van der Waals surface area contributed by atoms with E-state index in [1.165, 1.54) is 11.3 Å². The quantitative estimate of drug-likeness (QED) is 0.848. The Morgan fingerprint density at radius 3 is 2.67 bits per heavy atom. The molecule has 5 nitrogen and oxygen atoms in total. The van der Waals surface area contributed by atoms with Crippen molar-refractivity contribution in [3.63, 3.8) is 0 Å². The lowest BCUT2D eigenvalue weighted by Crippen LogP contribution is -2.29. The Morgan fingerprint density at radius 1 is 1.33 bits per heavy atom. The molecule has 0 aromatic carbocycles. The first kappa shape index (κ1) is 15.8. The second kappa shape index (κ2) is 6.89. The van der Waals surface area contributed by atoms with Crippen LogP contribution in [0.25, 0.3) is 0 Å². The molecule has 0 fully saturated rings. The third-order valence-corrected chi connectivity index (χ3v) is 4.38. The van der Waals surface area contributed by atoms with Gasteiger partial charge in [-0.2, -0.15) is 5.10 Å². The van der Waals surface area contributed by atoms with E-state index in [1.807, 2.05) is 25.0 Å². The van der Waals surface area contributed by atoms with Gasteiger partial charge in [-0.25, -0.2) is 4.98 Å². The molecule has 0 aliphatic heterocycles. The van der Waals surface area contributed by atoms with Crippen LogP contribution in [0.15, 0.2) is 12.4 Å². The SMILES string of the molecule is CCn1ccnc1CC(CCc1c(C)nn(C)c1C)NC. The highest BCUT2D eigenvalue weighted by Crippen LogP contribution is 2.16. The van der Waals surface area contributed by atoms with Crippen molar-refractivity contribution >= 4 is 0 Å². The van der Waals surface area contributed by atoms with Crippen molar-refractivity contribution in [2.24, 2.45) is 7.05 Å². The van der Waals surface area contributed by atoms with E-state index in [0.717, 1.165) is 37.3 Å². The monoisotopic (exact) mass is 289 g/mol. The third kappa shape index (κ3) is 3.53. The van der Waals surface area contributed by atoms with Crippen molar-refractivity contribution in [3.8, 4) is 0 Å². The summed E-state index contributed by atoms with van der Waals surface area (Å²) in [5.41, 5.74) is 3.81. The molecule has 0 amide bonds. The Hall–Kier alpha value is -1.62. The van der Waals surface area contributed by atoms with Gasteiger partial charge in [0.2, 0.25) is 0 Å². The Balaban J connectivity index is 2.00. The Bertz CT molecular complexity index is 582. The predicted octanol–water partition coefficient (Wildman–Crippen LogP) is 2.02. The van der Waals surface area contributed by atoms with Crippen LogP contribution >= 0.6 is 0 Å². The van der Waals surface area contributed by atoms with Crippen LogP contribution in [0, 0.1) is 13.8 Å². The van der Waals surface area contributed by atoms with Gasteiger partial charge in [-0.05, 0) is 46.2 Å². The van der Waals surface area contributed by atoms with Crippen LogP contribution in [0.4, 0.5) is 0 Å². The second-order valence-corrected chi connectivity index (χ2v) is 5.63. The van der Waals surface area contributed by atoms with E-state index in [9.17, 15) is 0 Å². The van der Waals surface area contributed by atoms with Crippen LogP contribution in [0.1, 0.15) is 36.1 Å². The third-order valence-electron chi connectivity index (χ3n) is 4.38. The fourth-order valence-corrected chi connectivity index (χ4v) is 2.88. The Morgan fingerprint density at radius 2 is 2.10 bits per heavy atom. The van der Waals surface area contributed by atoms with Crippen molar-refractivity contribution in [1.82, 2.24) is 24.6 Å². The topological polar surface area (TPSA) is 47.7 Å².